The van der Waals surface area contributed by atoms with Crippen molar-refractivity contribution in [2.75, 3.05) is 0 Å². The first-order valence-electron chi connectivity index (χ1n) is 5.20. The van der Waals surface area contributed by atoms with Gasteiger partial charge in [-0.3, -0.25) is 0 Å². The predicted octanol–water partition coefficient (Wildman–Crippen LogP) is 3.79. The van der Waals surface area contributed by atoms with Gasteiger partial charge in [0.15, 0.2) is 0 Å². The first-order chi connectivity index (χ1) is 6.74. The Bertz CT molecular complexity index is 297. The summed E-state index contributed by atoms with van der Waals surface area (Å²) in [5.41, 5.74) is 0. The standard InChI is InChI=1S/C11H16BrNS/c1-8-2-3-10(4-8)13-6-11-5-9(12)7-14-11/h5,7-8,10,13H,2-4,6H2,1H3/t8-,10+/m1/s1. The summed E-state index contributed by atoms with van der Waals surface area (Å²) in [7, 11) is 0. The Balaban J connectivity index is 1.77. The highest BCUT2D eigenvalue weighted by molar-refractivity contribution is 9.10. The second-order valence-electron chi connectivity index (χ2n) is 4.23. The highest BCUT2D eigenvalue weighted by atomic mass is 79.9. The Morgan fingerprint density at radius 2 is 2.43 bits per heavy atom. The molecule has 1 aliphatic rings. The largest absolute Gasteiger partial charge is 0.309 e. The van der Waals surface area contributed by atoms with Gasteiger partial charge in [-0.1, -0.05) is 6.92 Å². The number of halogens is 1. The highest BCUT2D eigenvalue weighted by Gasteiger charge is 2.20. The lowest BCUT2D eigenvalue weighted by Crippen LogP contribution is -2.25. The molecular weight excluding hydrogens is 258 g/mol. The summed E-state index contributed by atoms with van der Waals surface area (Å²) in [5.74, 6) is 0.919. The fraction of sp³-hybridized carbons (Fsp3) is 0.636. The molecule has 0 spiro atoms. The van der Waals surface area contributed by atoms with Gasteiger partial charge in [-0.05, 0) is 47.2 Å². The van der Waals surface area contributed by atoms with Crippen molar-refractivity contribution in [2.24, 2.45) is 5.92 Å². The van der Waals surface area contributed by atoms with E-state index in [0.29, 0.717) is 0 Å². The fourth-order valence-electron chi connectivity index (χ4n) is 2.08. The van der Waals surface area contributed by atoms with Gasteiger partial charge in [0, 0.05) is 27.3 Å². The first kappa shape index (κ1) is 10.7. The average molecular weight is 274 g/mol. The third kappa shape index (κ3) is 2.81. The van der Waals surface area contributed by atoms with Crippen LogP contribution in [-0.4, -0.2) is 6.04 Å². The van der Waals surface area contributed by atoms with E-state index < -0.39 is 0 Å². The van der Waals surface area contributed by atoms with Crippen molar-refractivity contribution >= 4 is 27.3 Å². The maximum atomic E-state index is 3.63. The third-order valence-corrected chi connectivity index (χ3v) is 4.58. The molecule has 2 rings (SSSR count). The molecule has 0 unspecified atom stereocenters. The van der Waals surface area contributed by atoms with Gasteiger partial charge in [-0.2, -0.15) is 0 Å². The van der Waals surface area contributed by atoms with Gasteiger partial charge in [-0.25, -0.2) is 0 Å². The van der Waals surface area contributed by atoms with E-state index in [1.165, 1.54) is 28.6 Å². The molecule has 78 valence electrons. The van der Waals surface area contributed by atoms with Gasteiger partial charge in [0.1, 0.15) is 0 Å². The number of nitrogens with one attached hydrogen (secondary N) is 1. The van der Waals surface area contributed by atoms with Crippen molar-refractivity contribution in [1.29, 1.82) is 0 Å². The zero-order valence-corrected chi connectivity index (χ0v) is 10.8. The van der Waals surface area contributed by atoms with Gasteiger partial charge in [0.05, 0.1) is 0 Å². The molecule has 0 saturated heterocycles. The van der Waals surface area contributed by atoms with Gasteiger partial charge >= 0.3 is 0 Å². The van der Waals surface area contributed by atoms with E-state index >= 15 is 0 Å². The van der Waals surface area contributed by atoms with Gasteiger partial charge in [0.25, 0.3) is 0 Å². The van der Waals surface area contributed by atoms with E-state index in [1.54, 1.807) is 0 Å². The topological polar surface area (TPSA) is 12.0 Å². The SMILES string of the molecule is C[C@@H]1CC[C@H](NCc2cc(Br)cs2)C1. The van der Waals surface area contributed by atoms with Crippen molar-refractivity contribution < 1.29 is 0 Å². The van der Waals surface area contributed by atoms with Crippen molar-refractivity contribution in [3.05, 3.63) is 20.8 Å². The second-order valence-corrected chi connectivity index (χ2v) is 6.14. The molecule has 0 aliphatic heterocycles. The lowest BCUT2D eigenvalue weighted by atomic mass is 10.1. The summed E-state index contributed by atoms with van der Waals surface area (Å²) in [5, 5.41) is 5.78. The van der Waals surface area contributed by atoms with Crippen molar-refractivity contribution in [1.82, 2.24) is 5.32 Å². The first-order valence-corrected chi connectivity index (χ1v) is 6.87. The fourth-order valence-corrected chi connectivity index (χ4v) is 3.49. The van der Waals surface area contributed by atoms with E-state index in [9.17, 15) is 0 Å². The molecule has 1 N–H and O–H groups in total. The van der Waals surface area contributed by atoms with E-state index in [-0.39, 0.29) is 0 Å². The van der Waals surface area contributed by atoms with Crippen LogP contribution in [0, 0.1) is 5.92 Å². The van der Waals surface area contributed by atoms with Crippen LogP contribution < -0.4 is 5.32 Å². The van der Waals surface area contributed by atoms with Crippen LogP contribution >= 0.6 is 27.3 Å². The van der Waals surface area contributed by atoms with Gasteiger partial charge in [0.2, 0.25) is 0 Å². The summed E-state index contributed by atoms with van der Waals surface area (Å²) < 4.78 is 1.21. The Labute approximate surface area is 98.0 Å². The Hall–Kier alpha value is 0.140. The molecule has 1 heterocycles. The van der Waals surface area contributed by atoms with Crippen LogP contribution in [-0.2, 0) is 6.54 Å². The van der Waals surface area contributed by atoms with Crippen LogP contribution in [0.5, 0.6) is 0 Å². The van der Waals surface area contributed by atoms with Crippen molar-refractivity contribution in [3.63, 3.8) is 0 Å². The lowest BCUT2D eigenvalue weighted by molar-refractivity contribution is 0.504. The maximum Gasteiger partial charge on any atom is 0.0302 e. The smallest absolute Gasteiger partial charge is 0.0302 e. The van der Waals surface area contributed by atoms with E-state index in [0.717, 1.165) is 18.5 Å². The molecule has 0 aromatic carbocycles. The molecular formula is C11H16BrNS. The van der Waals surface area contributed by atoms with Crippen LogP contribution in [0.2, 0.25) is 0 Å². The predicted molar refractivity (Wildman–Crippen MR) is 65.7 cm³/mol. The Kier molecular flexibility index (Phi) is 3.63. The molecule has 0 bridgehead atoms. The van der Waals surface area contributed by atoms with Crippen molar-refractivity contribution in [2.45, 2.75) is 38.8 Å². The van der Waals surface area contributed by atoms with E-state index in [2.05, 4.69) is 39.6 Å². The zero-order valence-electron chi connectivity index (χ0n) is 8.42. The molecule has 1 aliphatic carbocycles. The highest BCUT2D eigenvalue weighted by Crippen LogP contribution is 2.25. The van der Waals surface area contributed by atoms with Gasteiger partial charge < -0.3 is 5.32 Å². The number of hydrogen-bond donors (Lipinski definition) is 1. The molecule has 1 aromatic heterocycles. The summed E-state index contributed by atoms with van der Waals surface area (Å²) >= 11 is 5.30. The van der Waals surface area contributed by atoms with E-state index in [4.69, 9.17) is 0 Å². The number of rotatable bonds is 3. The van der Waals surface area contributed by atoms with Crippen LogP contribution in [0.25, 0.3) is 0 Å². The monoisotopic (exact) mass is 273 g/mol. The third-order valence-electron chi connectivity index (χ3n) is 2.88. The number of thiophene rings is 1. The van der Waals surface area contributed by atoms with Crippen LogP contribution in [0.15, 0.2) is 15.9 Å². The molecule has 1 saturated carbocycles. The molecule has 0 radical (unpaired) electrons. The molecule has 0 amide bonds. The van der Waals surface area contributed by atoms with Crippen LogP contribution in [0.3, 0.4) is 0 Å². The quantitative estimate of drug-likeness (QED) is 0.884. The second kappa shape index (κ2) is 4.77. The van der Waals surface area contributed by atoms with Crippen LogP contribution in [0.1, 0.15) is 31.1 Å². The van der Waals surface area contributed by atoms with E-state index in [1.807, 2.05) is 11.3 Å². The molecule has 3 heteroatoms. The normalized spacial score (nSPS) is 27.0. The van der Waals surface area contributed by atoms with Gasteiger partial charge in [-0.15, -0.1) is 11.3 Å². The minimum Gasteiger partial charge on any atom is -0.309 e. The molecule has 14 heavy (non-hydrogen) atoms. The maximum absolute atomic E-state index is 3.63. The summed E-state index contributed by atoms with van der Waals surface area (Å²) in [6, 6.07) is 2.96. The lowest BCUT2D eigenvalue weighted by Gasteiger charge is -2.10. The molecule has 1 aromatic rings. The average Bonchev–Trinajstić information content (AvgIpc) is 2.72. The van der Waals surface area contributed by atoms with Crippen molar-refractivity contribution in [3.8, 4) is 0 Å². The zero-order chi connectivity index (χ0) is 9.97. The summed E-state index contributed by atoms with van der Waals surface area (Å²) in [6.45, 7) is 3.39. The Morgan fingerprint density at radius 3 is 3.00 bits per heavy atom. The molecule has 1 fully saturated rings. The minimum absolute atomic E-state index is 0.755. The van der Waals surface area contributed by atoms with Crippen LogP contribution in [0.4, 0.5) is 0 Å². The summed E-state index contributed by atoms with van der Waals surface area (Å²) in [4.78, 5) is 1.43. The molecule has 2 atom stereocenters. The number of hydrogen-bond acceptors (Lipinski definition) is 2. The summed E-state index contributed by atoms with van der Waals surface area (Å²) in [6.07, 6.45) is 4.10. The Morgan fingerprint density at radius 1 is 1.57 bits per heavy atom. The minimum atomic E-state index is 0.755. The molecule has 1 nitrogen and oxygen atoms in total.